The SMILES string of the molecule is NC(=NCCOCC1CCCO1)N1CCOCC1. The first-order valence-corrected chi connectivity index (χ1v) is 6.68. The molecule has 6 nitrogen and oxygen atoms in total. The summed E-state index contributed by atoms with van der Waals surface area (Å²) in [5.74, 6) is 0.596. The molecule has 0 amide bonds. The summed E-state index contributed by atoms with van der Waals surface area (Å²) in [5, 5.41) is 0. The minimum absolute atomic E-state index is 0.283. The molecule has 2 fully saturated rings. The van der Waals surface area contributed by atoms with Crippen molar-refractivity contribution in [2.24, 2.45) is 10.7 Å². The van der Waals surface area contributed by atoms with Crippen LogP contribution >= 0.6 is 0 Å². The second-order valence-electron chi connectivity index (χ2n) is 4.55. The van der Waals surface area contributed by atoms with Gasteiger partial charge in [0.25, 0.3) is 0 Å². The molecule has 1 unspecified atom stereocenters. The van der Waals surface area contributed by atoms with Gasteiger partial charge >= 0.3 is 0 Å². The number of aliphatic imine (C=N–C) groups is 1. The van der Waals surface area contributed by atoms with Gasteiger partial charge in [-0.15, -0.1) is 0 Å². The van der Waals surface area contributed by atoms with Crippen molar-refractivity contribution in [1.82, 2.24) is 4.90 Å². The van der Waals surface area contributed by atoms with Crippen LogP contribution < -0.4 is 5.73 Å². The average molecular weight is 257 g/mol. The lowest BCUT2D eigenvalue weighted by atomic mass is 10.2. The third kappa shape index (κ3) is 4.44. The van der Waals surface area contributed by atoms with Gasteiger partial charge in [-0.25, -0.2) is 0 Å². The van der Waals surface area contributed by atoms with E-state index in [2.05, 4.69) is 4.99 Å². The summed E-state index contributed by atoms with van der Waals surface area (Å²) in [6.45, 7) is 5.86. The van der Waals surface area contributed by atoms with Crippen LogP contribution in [-0.4, -0.2) is 69.6 Å². The summed E-state index contributed by atoms with van der Waals surface area (Å²) < 4.78 is 16.3. The molecule has 2 saturated heterocycles. The Balaban J connectivity index is 1.55. The predicted octanol–water partition coefficient (Wildman–Crippen LogP) is -0.171. The molecule has 104 valence electrons. The van der Waals surface area contributed by atoms with E-state index in [-0.39, 0.29) is 6.10 Å². The van der Waals surface area contributed by atoms with E-state index in [0.29, 0.717) is 25.7 Å². The van der Waals surface area contributed by atoms with E-state index in [1.807, 2.05) is 4.90 Å². The van der Waals surface area contributed by atoms with Gasteiger partial charge in [0.05, 0.1) is 39.1 Å². The smallest absolute Gasteiger partial charge is 0.191 e. The molecule has 18 heavy (non-hydrogen) atoms. The standard InChI is InChI=1S/C12H23N3O3/c13-12(15-4-8-16-9-5-15)14-3-7-17-10-11-2-1-6-18-11/h11H,1-10H2,(H2,13,14). The fourth-order valence-electron chi connectivity index (χ4n) is 2.11. The van der Waals surface area contributed by atoms with E-state index in [1.165, 1.54) is 0 Å². The van der Waals surface area contributed by atoms with Crippen molar-refractivity contribution in [3.8, 4) is 0 Å². The Bertz CT molecular complexity index is 261. The molecule has 2 N–H and O–H groups in total. The number of ether oxygens (including phenoxy) is 3. The van der Waals surface area contributed by atoms with Crippen LogP contribution in [0.1, 0.15) is 12.8 Å². The highest BCUT2D eigenvalue weighted by Crippen LogP contribution is 2.11. The second kappa shape index (κ2) is 7.56. The van der Waals surface area contributed by atoms with Gasteiger partial charge < -0.3 is 24.8 Å². The van der Waals surface area contributed by atoms with Crippen LogP contribution in [0.2, 0.25) is 0 Å². The number of hydrogen-bond acceptors (Lipinski definition) is 4. The molecule has 2 aliphatic rings. The molecule has 2 aliphatic heterocycles. The first-order valence-electron chi connectivity index (χ1n) is 6.68. The summed E-state index contributed by atoms with van der Waals surface area (Å²) in [4.78, 5) is 6.36. The van der Waals surface area contributed by atoms with Gasteiger partial charge in [0.1, 0.15) is 0 Å². The molecule has 0 aromatic carbocycles. The number of nitrogens with zero attached hydrogens (tertiary/aromatic N) is 2. The van der Waals surface area contributed by atoms with E-state index in [9.17, 15) is 0 Å². The zero-order valence-electron chi connectivity index (χ0n) is 10.8. The van der Waals surface area contributed by atoms with Crippen molar-refractivity contribution >= 4 is 5.96 Å². The number of hydrogen-bond donors (Lipinski definition) is 1. The molecule has 2 rings (SSSR count). The van der Waals surface area contributed by atoms with Gasteiger partial charge in [0.2, 0.25) is 0 Å². The predicted molar refractivity (Wildman–Crippen MR) is 68.7 cm³/mol. The molecule has 0 aliphatic carbocycles. The number of rotatable bonds is 5. The van der Waals surface area contributed by atoms with Gasteiger partial charge in [-0.05, 0) is 12.8 Å². The first-order chi connectivity index (χ1) is 8.86. The molecule has 0 spiro atoms. The van der Waals surface area contributed by atoms with Crippen LogP contribution in [0.4, 0.5) is 0 Å². The second-order valence-corrected chi connectivity index (χ2v) is 4.55. The topological polar surface area (TPSA) is 69.3 Å². The van der Waals surface area contributed by atoms with Crippen molar-refractivity contribution in [1.29, 1.82) is 0 Å². The van der Waals surface area contributed by atoms with Crippen LogP contribution in [0.5, 0.6) is 0 Å². The minimum atomic E-state index is 0.283. The molecule has 0 saturated carbocycles. The molecular formula is C12H23N3O3. The maximum Gasteiger partial charge on any atom is 0.191 e. The molecule has 0 radical (unpaired) electrons. The maximum atomic E-state index is 5.89. The average Bonchev–Trinajstić information content (AvgIpc) is 2.92. The number of nitrogens with two attached hydrogens (primary N) is 1. The highest BCUT2D eigenvalue weighted by molar-refractivity contribution is 5.78. The molecule has 6 heteroatoms. The summed E-state index contributed by atoms with van der Waals surface area (Å²) in [6, 6.07) is 0. The monoisotopic (exact) mass is 257 g/mol. The zero-order chi connectivity index (χ0) is 12.6. The van der Waals surface area contributed by atoms with Crippen molar-refractivity contribution < 1.29 is 14.2 Å². The van der Waals surface area contributed by atoms with E-state index >= 15 is 0 Å². The third-order valence-corrected chi connectivity index (χ3v) is 3.17. The quantitative estimate of drug-likeness (QED) is 0.421. The van der Waals surface area contributed by atoms with Crippen LogP contribution in [0, 0.1) is 0 Å². The highest BCUT2D eigenvalue weighted by Gasteiger charge is 2.15. The molecular weight excluding hydrogens is 234 g/mol. The summed E-state index contributed by atoms with van der Waals surface area (Å²) in [7, 11) is 0. The minimum Gasteiger partial charge on any atom is -0.378 e. The van der Waals surface area contributed by atoms with Gasteiger partial charge in [-0.2, -0.15) is 0 Å². The van der Waals surface area contributed by atoms with Crippen LogP contribution in [0.15, 0.2) is 4.99 Å². The highest BCUT2D eigenvalue weighted by atomic mass is 16.5. The molecule has 2 heterocycles. The molecule has 1 atom stereocenters. The molecule has 0 aromatic rings. The van der Waals surface area contributed by atoms with Gasteiger partial charge in [0, 0.05) is 19.7 Å². The van der Waals surface area contributed by atoms with Crippen molar-refractivity contribution in [2.75, 3.05) is 52.7 Å². The lowest BCUT2D eigenvalue weighted by Crippen LogP contribution is -2.45. The van der Waals surface area contributed by atoms with Crippen molar-refractivity contribution in [3.63, 3.8) is 0 Å². The van der Waals surface area contributed by atoms with Crippen molar-refractivity contribution in [3.05, 3.63) is 0 Å². The Labute approximate surface area is 108 Å². The van der Waals surface area contributed by atoms with Gasteiger partial charge in [-0.3, -0.25) is 4.99 Å². The maximum absolute atomic E-state index is 5.89. The summed E-state index contributed by atoms with van der Waals surface area (Å²) in [5.41, 5.74) is 5.89. The number of guanidine groups is 1. The Morgan fingerprint density at radius 2 is 2.17 bits per heavy atom. The Kier molecular flexibility index (Phi) is 5.70. The normalized spacial score (nSPS) is 25.7. The Hall–Kier alpha value is -0.850. The van der Waals surface area contributed by atoms with E-state index in [4.69, 9.17) is 19.9 Å². The summed E-state index contributed by atoms with van der Waals surface area (Å²) in [6.07, 6.45) is 2.54. The lowest BCUT2D eigenvalue weighted by Gasteiger charge is -2.27. The van der Waals surface area contributed by atoms with E-state index < -0.39 is 0 Å². The van der Waals surface area contributed by atoms with Crippen LogP contribution in [-0.2, 0) is 14.2 Å². The fourth-order valence-corrected chi connectivity index (χ4v) is 2.11. The Morgan fingerprint density at radius 3 is 2.89 bits per heavy atom. The van der Waals surface area contributed by atoms with Crippen LogP contribution in [0.3, 0.4) is 0 Å². The largest absolute Gasteiger partial charge is 0.378 e. The number of morpholine rings is 1. The Morgan fingerprint density at radius 1 is 1.33 bits per heavy atom. The fraction of sp³-hybridized carbons (Fsp3) is 0.917. The summed E-state index contributed by atoms with van der Waals surface area (Å²) >= 11 is 0. The zero-order valence-corrected chi connectivity index (χ0v) is 10.8. The third-order valence-electron chi connectivity index (χ3n) is 3.17. The van der Waals surface area contributed by atoms with Crippen molar-refractivity contribution in [2.45, 2.75) is 18.9 Å². The molecule has 0 aromatic heterocycles. The van der Waals surface area contributed by atoms with Gasteiger partial charge in [-0.1, -0.05) is 0 Å². The van der Waals surface area contributed by atoms with E-state index in [0.717, 1.165) is 45.8 Å². The van der Waals surface area contributed by atoms with E-state index in [1.54, 1.807) is 0 Å². The van der Waals surface area contributed by atoms with Gasteiger partial charge in [0.15, 0.2) is 5.96 Å². The lowest BCUT2D eigenvalue weighted by molar-refractivity contribution is 0.0199. The molecule has 0 bridgehead atoms. The van der Waals surface area contributed by atoms with Crippen LogP contribution in [0.25, 0.3) is 0 Å². The first kappa shape index (κ1) is 13.6.